The van der Waals surface area contributed by atoms with E-state index in [0.717, 1.165) is 25.7 Å². The van der Waals surface area contributed by atoms with E-state index in [2.05, 4.69) is 34.1 Å². The molecule has 2 aliphatic carbocycles. The van der Waals surface area contributed by atoms with Gasteiger partial charge in [-0.3, -0.25) is 9.89 Å². The minimum atomic E-state index is 0. The van der Waals surface area contributed by atoms with E-state index in [1.165, 1.54) is 51.5 Å². The van der Waals surface area contributed by atoms with Crippen LogP contribution in [0.5, 0.6) is 0 Å². The van der Waals surface area contributed by atoms with Crippen molar-refractivity contribution in [3.8, 4) is 0 Å². The molecule has 5 nitrogen and oxygen atoms in total. The first-order valence-corrected chi connectivity index (χ1v) is 10.5. The molecule has 26 heavy (non-hydrogen) atoms. The van der Waals surface area contributed by atoms with Gasteiger partial charge in [-0.2, -0.15) is 0 Å². The number of rotatable bonds is 4. The van der Waals surface area contributed by atoms with Crippen molar-refractivity contribution in [2.75, 3.05) is 40.3 Å². The summed E-state index contributed by atoms with van der Waals surface area (Å²) in [5.74, 6) is 1.78. The van der Waals surface area contributed by atoms with E-state index in [0.29, 0.717) is 29.5 Å². The molecular weight excluding hydrogens is 439 g/mol. The van der Waals surface area contributed by atoms with Gasteiger partial charge in [0.25, 0.3) is 0 Å². The van der Waals surface area contributed by atoms with Crippen LogP contribution in [-0.4, -0.2) is 74.3 Å². The summed E-state index contributed by atoms with van der Waals surface area (Å²) in [6, 6.07) is 1.24. The van der Waals surface area contributed by atoms with Crippen LogP contribution >= 0.6 is 24.0 Å². The van der Waals surface area contributed by atoms with Crippen LogP contribution in [0.15, 0.2) is 4.99 Å². The van der Waals surface area contributed by atoms with Crippen LogP contribution in [0, 0.1) is 11.3 Å². The molecule has 6 heteroatoms. The van der Waals surface area contributed by atoms with Gasteiger partial charge >= 0.3 is 0 Å². The average molecular weight is 476 g/mol. The van der Waals surface area contributed by atoms with Crippen molar-refractivity contribution in [3.63, 3.8) is 0 Å². The Morgan fingerprint density at radius 3 is 2.73 bits per heavy atom. The van der Waals surface area contributed by atoms with Crippen molar-refractivity contribution in [1.29, 1.82) is 0 Å². The number of nitrogens with one attached hydrogen (secondary N) is 1. The van der Waals surface area contributed by atoms with Gasteiger partial charge in [-0.15, -0.1) is 24.0 Å². The molecule has 4 rings (SSSR count). The number of fused-ring (bicyclic) bond motifs is 2. The van der Waals surface area contributed by atoms with Gasteiger partial charge in [0.15, 0.2) is 5.96 Å². The zero-order valence-electron chi connectivity index (χ0n) is 16.7. The van der Waals surface area contributed by atoms with Crippen molar-refractivity contribution in [2.45, 2.75) is 70.1 Å². The first-order valence-electron chi connectivity index (χ1n) is 10.5. The standard InChI is InChI=1S/C20H36N4O.HI/c1-4-24-12-7-8-15(24)14-23(3)19(21-2)22-17-16-9-13-25-18(16)20(17)10-5-6-11-20;/h15-18H,4-14H2,1-3H3,(H,21,22);1H. The molecule has 0 radical (unpaired) electrons. The summed E-state index contributed by atoms with van der Waals surface area (Å²) in [4.78, 5) is 9.63. The zero-order chi connectivity index (χ0) is 17.4. The lowest BCUT2D eigenvalue weighted by Gasteiger charge is -2.57. The maximum atomic E-state index is 6.13. The molecule has 1 N–H and O–H groups in total. The highest BCUT2D eigenvalue weighted by Gasteiger charge is 2.65. The molecule has 150 valence electrons. The smallest absolute Gasteiger partial charge is 0.193 e. The summed E-state index contributed by atoms with van der Waals surface area (Å²) in [5, 5.41) is 3.89. The predicted molar refractivity (Wildman–Crippen MR) is 117 cm³/mol. The van der Waals surface area contributed by atoms with Gasteiger partial charge < -0.3 is 15.0 Å². The molecule has 1 spiro atoms. The molecule has 0 aromatic heterocycles. The van der Waals surface area contributed by atoms with Gasteiger partial charge in [0.2, 0.25) is 0 Å². The molecule has 0 aromatic carbocycles. The Morgan fingerprint density at radius 2 is 2.04 bits per heavy atom. The monoisotopic (exact) mass is 476 g/mol. The summed E-state index contributed by atoms with van der Waals surface area (Å²) in [7, 11) is 4.15. The molecule has 4 fully saturated rings. The van der Waals surface area contributed by atoms with E-state index >= 15 is 0 Å². The zero-order valence-corrected chi connectivity index (χ0v) is 19.1. The first kappa shape index (κ1) is 20.6. The topological polar surface area (TPSA) is 40.1 Å². The molecular formula is C20H37IN4O. The number of ether oxygens (including phenoxy) is 1. The number of hydrogen-bond acceptors (Lipinski definition) is 3. The Labute approximate surface area is 176 Å². The Balaban J connectivity index is 0.00000196. The number of likely N-dealkylation sites (tertiary alicyclic amines) is 1. The largest absolute Gasteiger partial charge is 0.377 e. The maximum absolute atomic E-state index is 6.13. The molecule has 0 aromatic rings. The SMILES string of the molecule is CCN1CCCC1CN(C)C(=NC)NC1C2CCOC2C12CCCC2.I. The quantitative estimate of drug-likeness (QED) is 0.385. The maximum Gasteiger partial charge on any atom is 0.193 e. The van der Waals surface area contributed by atoms with Gasteiger partial charge in [0.1, 0.15) is 0 Å². The Hall–Kier alpha value is -0.0800. The van der Waals surface area contributed by atoms with Crippen LogP contribution in [0.2, 0.25) is 0 Å². The molecule has 4 atom stereocenters. The highest BCUT2D eigenvalue weighted by Crippen LogP contribution is 2.60. The van der Waals surface area contributed by atoms with Gasteiger partial charge in [0, 0.05) is 50.7 Å². The fraction of sp³-hybridized carbons (Fsp3) is 0.950. The van der Waals surface area contributed by atoms with Crippen molar-refractivity contribution in [1.82, 2.24) is 15.1 Å². The van der Waals surface area contributed by atoms with Crippen LogP contribution in [0.25, 0.3) is 0 Å². The molecule has 2 saturated carbocycles. The van der Waals surface area contributed by atoms with E-state index < -0.39 is 0 Å². The highest BCUT2D eigenvalue weighted by atomic mass is 127. The summed E-state index contributed by atoms with van der Waals surface area (Å²) in [5.41, 5.74) is 0.390. The van der Waals surface area contributed by atoms with Gasteiger partial charge in [0.05, 0.1) is 6.10 Å². The van der Waals surface area contributed by atoms with E-state index in [1.54, 1.807) is 0 Å². The van der Waals surface area contributed by atoms with Crippen LogP contribution < -0.4 is 5.32 Å². The van der Waals surface area contributed by atoms with E-state index in [9.17, 15) is 0 Å². The molecule has 4 unspecified atom stereocenters. The highest BCUT2D eigenvalue weighted by molar-refractivity contribution is 14.0. The van der Waals surface area contributed by atoms with E-state index in [-0.39, 0.29) is 24.0 Å². The van der Waals surface area contributed by atoms with Crippen LogP contribution in [0.4, 0.5) is 0 Å². The molecule has 0 amide bonds. The molecule has 2 aliphatic heterocycles. The fourth-order valence-corrected chi connectivity index (χ4v) is 6.31. The number of nitrogens with zero attached hydrogens (tertiary/aromatic N) is 3. The minimum absolute atomic E-state index is 0. The predicted octanol–water partition coefficient (Wildman–Crippen LogP) is 2.94. The minimum Gasteiger partial charge on any atom is -0.377 e. The van der Waals surface area contributed by atoms with Gasteiger partial charge in [-0.1, -0.05) is 19.8 Å². The number of guanidine groups is 1. The number of aliphatic imine (C=N–C) groups is 1. The van der Waals surface area contributed by atoms with E-state index in [1.807, 2.05) is 7.05 Å². The molecule has 2 heterocycles. The third-order valence-electron chi connectivity index (χ3n) is 7.53. The lowest BCUT2D eigenvalue weighted by Crippen LogP contribution is -2.69. The van der Waals surface area contributed by atoms with Crippen molar-refractivity contribution >= 4 is 29.9 Å². The molecule has 2 saturated heterocycles. The van der Waals surface area contributed by atoms with Gasteiger partial charge in [-0.25, -0.2) is 0 Å². The third-order valence-corrected chi connectivity index (χ3v) is 7.53. The van der Waals surface area contributed by atoms with Crippen LogP contribution in [-0.2, 0) is 4.74 Å². The number of halogens is 1. The lowest BCUT2D eigenvalue weighted by atomic mass is 9.54. The number of hydrogen-bond donors (Lipinski definition) is 1. The Morgan fingerprint density at radius 1 is 1.27 bits per heavy atom. The van der Waals surface area contributed by atoms with Crippen LogP contribution in [0.1, 0.15) is 51.9 Å². The molecule has 4 aliphatic rings. The number of likely N-dealkylation sites (N-methyl/N-ethyl adjacent to an activating group) is 2. The third kappa shape index (κ3) is 3.39. The second kappa shape index (κ2) is 8.52. The fourth-order valence-electron chi connectivity index (χ4n) is 6.31. The van der Waals surface area contributed by atoms with Crippen molar-refractivity contribution in [2.24, 2.45) is 16.3 Å². The normalized spacial score (nSPS) is 35.9. The van der Waals surface area contributed by atoms with E-state index in [4.69, 9.17) is 4.74 Å². The van der Waals surface area contributed by atoms with Crippen LogP contribution in [0.3, 0.4) is 0 Å². The lowest BCUT2D eigenvalue weighted by molar-refractivity contribution is -0.125. The second-order valence-corrected chi connectivity index (χ2v) is 8.66. The Kier molecular flexibility index (Phi) is 6.76. The van der Waals surface area contributed by atoms with Crippen molar-refractivity contribution < 1.29 is 4.74 Å². The molecule has 0 bridgehead atoms. The average Bonchev–Trinajstić information content (AvgIpc) is 3.35. The summed E-state index contributed by atoms with van der Waals surface area (Å²) < 4.78 is 6.13. The van der Waals surface area contributed by atoms with Crippen molar-refractivity contribution in [3.05, 3.63) is 0 Å². The first-order chi connectivity index (χ1) is 12.2. The van der Waals surface area contributed by atoms with Gasteiger partial charge in [-0.05, 0) is 45.2 Å². The summed E-state index contributed by atoms with van der Waals surface area (Å²) in [6.07, 6.45) is 9.79. The second-order valence-electron chi connectivity index (χ2n) is 8.66. The summed E-state index contributed by atoms with van der Waals surface area (Å²) >= 11 is 0. The summed E-state index contributed by atoms with van der Waals surface area (Å²) in [6.45, 7) is 6.74. The Bertz CT molecular complexity index is 508.